The van der Waals surface area contributed by atoms with E-state index >= 15 is 0 Å². The monoisotopic (exact) mass is 436 g/mol. The molecule has 1 unspecified atom stereocenters. The highest BCUT2D eigenvalue weighted by molar-refractivity contribution is 7.99. The molecule has 0 fully saturated rings. The highest BCUT2D eigenvalue weighted by Crippen LogP contribution is 2.41. The Morgan fingerprint density at radius 1 is 1.25 bits per heavy atom. The second-order valence-corrected chi connectivity index (χ2v) is 10.3. The van der Waals surface area contributed by atoms with E-state index in [-0.39, 0.29) is 22.2 Å². The molecule has 0 aliphatic rings. The van der Waals surface area contributed by atoms with Gasteiger partial charge in [-0.25, -0.2) is 8.96 Å². The van der Waals surface area contributed by atoms with E-state index in [4.69, 9.17) is 9.79 Å². The van der Waals surface area contributed by atoms with Gasteiger partial charge in [0.25, 0.3) is 5.91 Å². The minimum absolute atomic E-state index is 0.215. The summed E-state index contributed by atoms with van der Waals surface area (Å²) in [7, 11) is -4.88. The number of halogens is 1. The maximum Gasteiger partial charge on any atom is 0.524 e. The summed E-state index contributed by atoms with van der Waals surface area (Å²) >= 11 is 1.66. The molecule has 4 N–H and O–H groups in total. The van der Waals surface area contributed by atoms with Crippen molar-refractivity contribution in [2.45, 2.75) is 63.7 Å². The molecule has 160 valence electrons. The van der Waals surface area contributed by atoms with Gasteiger partial charge in [-0.15, -0.1) is 11.8 Å². The van der Waals surface area contributed by atoms with Crippen LogP contribution in [-0.4, -0.2) is 38.4 Å². The second-order valence-electron chi connectivity index (χ2n) is 7.94. The maximum atomic E-state index is 14.8. The van der Waals surface area contributed by atoms with E-state index in [2.05, 4.69) is 15.2 Å². The number of amides is 1. The molecule has 0 saturated carbocycles. The number of thioether (sulfide) groups is 1. The topological polar surface area (TPSA) is 108 Å². The number of phosphoric acid groups is 1. The average molecular weight is 436 g/mol. The van der Waals surface area contributed by atoms with E-state index < -0.39 is 25.4 Å². The van der Waals surface area contributed by atoms with Crippen LogP contribution in [0.3, 0.4) is 0 Å². The van der Waals surface area contributed by atoms with Crippen molar-refractivity contribution in [1.82, 2.24) is 10.6 Å². The van der Waals surface area contributed by atoms with Crippen molar-refractivity contribution in [3.05, 3.63) is 29.8 Å². The first-order valence-electron chi connectivity index (χ1n) is 8.76. The number of alkyl halides is 1. The number of rotatable bonds is 10. The zero-order chi connectivity index (χ0) is 21.8. The van der Waals surface area contributed by atoms with Crippen molar-refractivity contribution in [3.63, 3.8) is 0 Å². The van der Waals surface area contributed by atoms with Crippen LogP contribution in [0.2, 0.25) is 0 Å². The average Bonchev–Trinajstić information content (AvgIpc) is 2.50. The van der Waals surface area contributed by atoms with Gasteiger partial charge in [0.2, 0.25) is 6.17 Å². The zero-order valence-corrected chi connectivity index (χ0v) is 18.7. The van der Waals surface area contributed by atoms with Crippen LogP contribution in [0, 0.1) is 0 Å². The molecule has 0 bridgehead atoms. The minimum Gasteiger partial charge on any atom is -0.404 e. The normalized spacial score (nSPS) is 15.0. The summed E-state index contributed by atoms with van der Waals surface area (Å²) in [5.74, 6) is -1.27. The summed E-state index contributed by atoms with van der Waals surface area (Å²) in [5.41, 5.74) is -1.28. The molecule has 0 aliphatic carbocycles. The van der Waals surface area contributed by atoms with Gasteiger partial charge < -0.3 is 15.2 Å². The number of carbonyl (C=O) groups is 1. The molecule has 28 heavy (non-hydrogen) atoms. The van der Waals surface area contributed by atoms with Crippen molar-refractivity contribution in [2.75, 3.05) is 6.26 Å². The molecule has 1 amide bonds. The standard InChI is InChI=1S/C18H30FN2O5PS/c1-12(28-6)20-17(2,3)11-18(4,5)21-16(22)15(19)13-9-7-8-10-14(13)26-27(23,24)25/h7-10,12,15,20H,11H2,1-6H3,(H,21,22)(H2,23,24,25)/t12-,15?/m0/s1. The second kappa shape index (κ2) is 9.59. The highest BCUT2D eigenvalue weighted by Gasteiger charge is 2.34. The van der Waals surface area contributed by atoms with Crippen LogP contribution >= 0.6 is 19.6 Å². The fraction of sp³-hybridized carbons (Fsp3) is 0.611. The maximum absolute atomic E-state index is 14.8. The van der Waals surface area contributed by atoms with Gasteiger partial charge in [-0.1, -0.05) is 18.2 Å². The summed E-state index contributed by atoms with van der Waals surface area (Å²) in [4.78, 5) is 30.4. The predicted molar refractivity (Wildman–Crippen MR) is 110 cm³/mol. The number of carbonyl (C=O) groups excluding carboxylic acids is 1. The van der Waals surface area contributed by atoms with E-state index in [9.17, 15) is 13.8 Å². The molecule has 0 heterocycles. The number of hydrogen-bond donors (Lipinski definition) is 4. The summed E-state index contributed by atoms with van der Waals surface area (Å²) in [6.07, 6.45) is 0.387. The number of hydrogen-bond acceptors (Lipinski definition) is 5. The molecule has 10 heteroatoms. The van der Waals surface area contributed by atoms with E-state index in [0.29, 0.717) is 6.42 Å². The zero-order valence-electron chi connectivity index (χ0n) is 17.0. The van der Waals surface area contributed by atoms with Gasteiger partial charge in [0, 0.05) is 16.6 Å². The SMILES string of the molecule is CS[C@@H](C)NC(C)(C)CC(C)(C)NC(=O)C(F)c1ccccc1OP(=O)(O)O. The lowest BCUT2D eigenvalue weighted by Gasteiger charge is -2.38. The van der Waals surface area contributed by atoms with Crippen molar-refractivity contribution in [2.24, 2.45) is 0 Å². The van der Waals surface area contributed by atoms with Crippen LogP contribution in [0.1, 0.15) is 52.8 Å². The molecule has 0 aromatic heterocycles. The van der Waals surface area contributed by atoms with Gasteiger partial charge in [0.05, 0.1) is 5.37 Å². The molecular weight excluding hydrogens is 406 g/mol. The molecule has 7 nitrogen and oxygen atoms in total. The fourth-order valence-corrected chi connectivity index (χ4v) is 4.11. The first kappa shape index (κ1) is 24.9. The quantitative estimate of drug-likeness (QED) is 0.328. The highest BCUT2D eigenvalue weighted by atomic mass is 32.2. The first-order chi connectivity index (χ1) is 12.7. The van der Waals surface area contributed by atoms with Gasteiger partial charge in [-0.3, -0.25) is 14.6 Å². The first-order valence-corrected chi connectivity index (χ1v) is 11.6. The molecule has 1 aromatic rings. The van der Waals surface area contributed by atoms with E-state index in [1.165, 1.54) is 24.3 Å². The van der Waals surface area contributed by atoms with Gasteiger partial charge >= 0.3 is 7.82 Å². The molecule has 1 rings (SSSR count). The fourth-order valence-electron chi connectivity index (χ4n) is 3.25. The summed E-state index contributed by atoms with van der Waals surface area (Å²) in [6, 6.07) is 5.36. The van der Waals surface area contributed by atoms with E-state index in [1.807, 2.05) is 27.0 Å². The Bertz CT molecular complexity index is 726. The Hall–Kier alpha value is -1.12. The molecular formula is C18H30FN2O5PS. The summed E-state index contributed by atoms with van der Waals surface area (Å²) in [6.45, 7) is 9.63. The van der Waals surface area contributed by atoms with Gasteiger partial charge in [0.1, 0.15) is 5.75 Å². The lowest BCUT2D eigenvalue weighted by molar-refractivity contribution is -0.128. The molecule has 0 spiro atoms. The third-order valence-corrected chi connectivity index (χ3v) is 5.19. The molecule has 1 aromatic carbocycles. The Labute approximate surface area is 170 Å². The van der Waals surface area contributed by atoms with E-state index in [0.717, 1.165) is 0 Å². The third-order valence-electron chi connectivity index (χ3n) is 3.93. The van der Waals surface area contributed by atoms with Crippen molar-refractivity contribution in [1.29, 1.82) is 0 Å². The molecule has 0 aliphatic heterocycles. The van der Waals surface area contributed by atoms with Gasteiger partial charge in [-0.2, -0.15) is 0 Å². The Morgan fingerprint density at radius 2 is 1.82 bits per heavy atom. The van der Waals surface area contributed by atoms with Crippen LogP contribution in [0.25, 0.3) is 0 Å². The van der Waals surface area contributed by atoms with Crippen molar-refractivity contribution >= 4 is 25.5 Å². The smallest absolute Gasteiger partial charge is 0.404 e. The number of benzene rings is 1. The number of nitrogens with one attached hydrogen (secondary N) is 2. The minimum atomic E-state index is -4.88. The molecule has 0 saturated heterocycles. The van der Waals surface area contributed by atoms with Crippen LogP contribution in [0.5, 0.6) is 5.75 Å². The molecule has 2 atom stereocenters. The van der Waals surface area contributed by atoms with Crippen LogP contribution in [0.15, 0.2) is 24.3 Å². The largest absolute Gasteiger partial charge is 0.524 e. The third kappa shape index (κ3) is 8.49. The summed E-state index contributed by atoms with van der Waals surface area (Å²) in [5, 5.41) is 6.34. The van der Waals surface area contributed by atoms with Crippen LogP contribution < -0.4 is 15.2 Å². The molecule has 0 radical (unpaired) electrons. The Kier molecular flexibility index (Phi) is 8.53. The lowest BCUT2D eigenvalue weighted by atomic mass is 9.86. The van der Waals surface area contributed by atoms with Crippen molar-refractivity contribution in [3.8, 4) is 5.75 Å². The van der Waals surface area contributed by atoms with Crippen molar-refractivity contribution < 1.29 is 28.1 Å². The van der Waals surface area contributed by atoms with Gasteiger partial charge in [-0.05, 0) is 53.4 Å². The number of phosphoric ester groups is 1. The predicted octanol–water partition coefficient (Wildman–Crippen LogP) is 3.53. The van der Waals surface area contributed by atoms with Crippen LogP contribution in [-0.2, 0) is 9.36 Å². The van der Waals surface area contributed by atoms with Crippen LogP contribution in [0.4, 0.5) is 4.39 Å². The Balaban J connectivity index is 2.91. The Morgan fingerprint density at radius 3 is 2.36 bits per heavy atom. The summed E-state index contributed by atoms with van der Waals surface area (Å²) < 4.78 is 30.4. The lowest BCUT2D eigenvalue weighted by Crippen LogP contribution is -2.54. The van der Waals surface area contributed by atoms with E-state index in [1.54, 1.807) is 25.6 Å². The number of para-hydroxylation sites is 1. The van der Waals surface area contributed by atoms with Gasteiger partial charge in [0.15, 0.2) is 0 Å².